The van der Waals surface area contributed by atoms with Crippen LogP contribution < -0.4 is 11.2 Å². The van der Waals surface area contributed by atoms with Crippen LogP contribution in [0.2, 0.25) is 15.3 Å². The van der Waals surface area contributed by atoms with Crippen molar-refractivity contribution in [3.8, 4) is 0 Å². The summed E-state index contributed by atoms with van der Waals surface area (Å²) < 4.78 is 4.57. The van der Waals surface area contributed by atoms with Gasteiger partial charge < -0.3 is 4.98 Å². The van der Waals surface area contributed by atoms with Crippen LogP contribution in [0.4, 0.5) is 0 Å². The highest BCUT2D eigenvalue weighted by Gasteiger charge is 2.17. The minimum atomic E-state index is -0.407. The Morgan fingerprint density at radius 1 is 1.00 bits per heavy atom. The third-order valence-corrected chi connectivity index (χ3v) is 6.62. The second kappa shape index (κ2) is 10.8. The minimum absolute atomic E-state index is 0.0968. The summed E-state index contributed by atoms with van der Waals surface area (Å²) in [6, 6.07) is 5.39. The van der Waals surface area contributed by atoms with Crippen LogP contribution in [0.5, 0.6) is 0 Å². The van der Waals surface area contributed by atoms with E-state index in [1.54, 1.807) is 33.6 Å². The predicted molar refractivity (Wildman–Crippen MR) is 135 cm³/mol. The number of aryl methyl sites for hydroxylation is 2. The highest BCUT2D eigenvalue weighted by atomic mass is 35.5. The molecule has 8 nitrogen and oxygen atoms in total. The van der Waals surface area contributed by atoms with Crippen molar-refractivity contribution in [2.24, 2.45) is 0 Å². The maximum absolute atomic E-state index is 13.1. The summed E-state index contributed by atoms with van der Waals surface area (Å²) in [6.45, 7) is 3.31. The largest absolute Gasteiger partial charge is 0.332 e. The molecule has 4 aromatic rings. The predicted octanol–water partition coefficient (Wildman–Crippen LogP) is 4.91. The van der Waals surface area contributed by atoms with Crippen LogP contribution in [0.15, 0.2) is 40.2 Å². The van der Waals surface area contributed by atoms with E-state index in [9.17, 15) is 9.59 Å². The molecule has 3 heterocycles. The van der Waals surface area contributed by atoms with Crippen LogP contribution >= 0.6 is 34.8 Å². The standard InChI is InChI=1S/C23H25Cl3N6O2/c1-2-3-4-10-31-20-19(28-22(26)29-20)21(33)32(23(31)34)11-6-7-15-12-27-30(13-15)14-16-17(24)8-5-9-18(16)25/h5,8-9,12-13H,2-4,6-7,10-11,14H2,1H3,(H,28,29). The third-order valence-electron chi connectivity index (χ3n) is 5.73. The van der Waals surface area contributed by atoms with Crippen LogP contribution in [-0.4, -0.2) is 28.9 Å². The molecular formula is C23H25Cl3N6O2. The maximum Gasteiger partial charge on any atom is 0.332 e. The van der Waals surface area contributed by atoms with Gasteiger partial charge in [0.25, 0.3) is 5.56 Å². The third kappa shape index (κ3) is 5.24. The smallest absolute Gasteiger partial charge is 0.323 e. The summed E-state index contributed by atoms with van der Waals surface area (Å²) >= 11 is 18.5. The lowest BCUT2D eigenvalue weighted by Gasteiger charge is -2.11. The maximum atomic E-state index is 13.1. The van der Waals surface area contributed by atoms with E-state index < -0.39 is 5.56 Å². The van der Waals surface area contributed by atoms with Gasteiger partial charge >= 0.3 is 5.69 Å². The monoisotopic (exact) mass is 522 g/mol. The molecule has 4 rings (SSSR count). The fourth-order valence-electron chi connectivity index (χ4n) is 3.97. The number of H-pyrrole nitrogens is 1. The number of nitrogens with zero attached hydrogens (tertiary/aromatic N) is 5. The van der Waals surface area contributed by atoms with E-state index in [-0.39, 0.29) is 23.0 Å². The van der Waals surface area contributed by atoms with Gasteiger partial charge in [-0.1, -0.05) is 49.0 Å². The number of benzene rings is 1. The molecule has 3 aromatic heterocycles. The number of hydrogen-bond acceptors (Lipinski definition) is 4. The number of aromatic amines is 1. The molecule has 34 heavy (non-hydrogen) atoms. The Kier molecular flexibility index (Phi) is 7.80. The molecule has 1 aromatic carbocycles. The summed E-state index contributed by atoms with van der Waals surface area (Å²) in [6.07, 6.45) is 7.76. The summed E-state index contributed by atoms with van der Waals surface area (Å²) in [5, 5.41) is 5.67. The number of aromatic nitrogens is 6. The molecule has 0 fully saturated rings. The number of rotatable bonds is 10. The van der Waals surface area contributed by atoms with Gasteiger partial charge in [0.05, 0.1) is 12.7 Å². The average molecular weight is 524 g/mol. The molecule has 0 unspecified atom stereocenters. The van der Waals surface area contributed by atoms with Gasteiger partial charge in [0.15, 0.2) is 11.2 Å². The SMILES string of the molecule is CCCCCn1c(=O)n(CCCc2cnn(Cc3c(Cl)cccc3Cl)c2)c(=O)c2[nH]c(Cl)nc21. The Labute approximate surface area is 211 Å². The summed E-state index contributed by atoms with van der Waals surface area (Å²) in [5.41, 5.74) is 1.60. The van der Waals surface area contributed by atoms with Crippen molar-refractivity contribution in [2.45, 2.75) is 58.7 Å². The zero-order chi connectivity index (χ0) is 24.2. The van der Waals surface area contributed by atoms with Crippen molar-refractivity contribution >= 4 is 46.0 Å². The molecular weight excluding hydrogens is 499 g/mol. The first-order valence-electron chi connectivity index (χ1n) is 11.2. The number of fused-ring (bicyclic) bond motifs is 1. The van der Waals surface area contributed by atoms with Gasteiger partial charge in [-0.15, -0.1) is 0 Å². The van der Waals surface area contributed by atoms with Gasteiger partial charge in [0.2, 0.25) is 5.28 Å². The molecule has 0 atom stereocenters. The van der Waals surface area contributed by atoms with Crippen molar-refractivity contribution in [2.75, 3.05) is 0 Å². The van der Waals surface area contributed by atoms with Crippen molar-refractivity contribution in [1.29, 1.82) is 0 Å². The first-order valence-corrected chi connectivity index (χ1v) is 12.4. The molecule has 180 valence electrons. The van der Waals surface area contributed by atoms with Crippen molar-refractivity contribution in [3.05, 3.63) is 77.9 Å². The van der Waals surface area contributed by atoms with E-state index in [1.807, 2.05) is 6.20 Å². The molecule has 0 bridgehead atoms. The first kappa shape index (κ1) is 24.6. The summed E-state index contributed by atoms with van der Waals surface area (Å²) in [7, 11) is 0. The van der Waals surface area contributed by atoms with Gasteiger partial charge in [0.1, 0.15) is 0 Å². The Morgan fingerprint density at radius 3 is 2.47 bits per heavy atom. The van der Waals surface area contributed by atoms with Crippen LogP contribution in [0.3, 0.4) is 0 Å². The molecule has 0 saturated carbocycles. The van der Waals surface area contributed by atoms with Gasteiger partial charge in [0, 0.05) is 34.9 Å². The fraction of sp³-hybridized carbons (Fsp3) is 0.391. The molecule has 0 spiro atoms. The van der Waals surface area contributed by atoms with E-state index in [4.69, 9.17) is 34.8 Å². The lowest BCUT2D eigenvalue weighted by molar-refractivity contribution is 0.526. The van der Waals surface area contributed by atoms with E-state index in [1.165, 1.54) is 4.57 Å². The minimum Gasteiger partial charge on any atom is -0.323 e. The van der Waals surface area contributed by atoms with E-state index in [2.05, 4.69) is 22.0 Å². The average Bonchev–Trinajstić information content (AvgIpc) is 3.42. The van der Waals surface area contributed by atoms with Crippen molar-refractivity contribution in [1.82, 2.24) is 28.9 Å². The van der Waals surface area contributed by atoms with Crippen LogP contribution in [0, 0.1) is 0 Å². The number of nitrogens with one attached hydrogen (secondary N) is 1. The Balaban J connectivity index is 1.49. The number of halogens is 3. The summed E-state index contributed by atoms with van der Waals surface area (Å²) in [4.78, 5) is 33.0. The topological polar surface area (TPSA) is 90.5 Å². The Hall–Kier alpha value is -2.55. The first-order chi connectivity index (χ1) is 16.4. The van der Waals surface area contributed by atoms with Crippen LogP contribution in [-0.2, 0) is 26.1 Å². The molecule has 1 N–H and O–H groups in total. The van der Waals surface area contributed by atoms with Gasteiger partial charge in [-0.05, 0) is 48.6 Å². The molecule has 0 aliphatic heterocycles. The number of imidazole rings is 1. The van der Waals surface area contributed by atoms with Crippen molar-refractivity contribution < 1.29 is 0 Å². The van der Waals surface area contributed by atoms with E-state index >= 15 is 0 Å². The van der Waals surface area contributed by atoms with E-state index in [0.29, 0.717) is 41.6 Å². The molecule has 0 radical (unpaired) electrons. The zero-order valence-electron chi connectivity index (χ0n) is 18.7. The molecule has 0 saturated heterocycles. The molecule has 11 heteroatoms. The highest BCUT2D eigenvalue weighted by molar-refractivity contribution is 6.36. The van der Waals surface area contributed by atoms with Gasteiger partial charge in [-0.2, -0.15) is 10.1 Å². The fourth-order valence-corrected chi connectivity index (χ4v) is 4.66. The molecule has 0 amide bonds. The Bertz CT molecular complexity index is 1400. The zero-order valence-corrected chi connectivity index (χ0v) is 21.0. The quantitative estimate of drug-likeness (QED) is 0.236. The lowest BCUT2D eigenvalue weighted by Crippen LogP contribution is -2.40. The number of hydrogen-bond donors (Lipinski definition) is 1. The van der Waals surface area contributed by atoms with Crippen molar-refractivity contribution in [3.63, 3.8) is 0 Å². The Morgan fingerprint density at radius 2 is 1.74 bits per heavy atom. The van der Waals surface area contributed by atoms with Gasteiger partial charge in [-0.3, -0.25) is 18.6 Å². The highest BCUT2D eigenvalue weighted by Crippen LogP contribution is 2.25. The molecule has 0 aliphatic rings. The van der Waals surface area contributed by atoms with E-state index in [0.717, 1.165) is 30.4 Å². The molecule has 0 aliphatic carbocycles. The lowest BCUT2D eigenvalue weighted by atomic mass is 10.2. The van der Waals surface area contributed by atoms with Crippen LogP contribution in [0.1, 0.15) is 43.7 Å². The van der Waals surface area contributed by atoms with Gasteiger partial charge in [-0.25, -0.2) is 4.79 Å². The second-order valence-electron chi connectivity index (χ2n) is 8.17. The number of unbranched alkanes of at least 4 members (excludes halogenated alkanes) is 2. The normalized spacial score (nSPS) is 11.5. The van der Waals surface area contributed by atoms with Crippen LogP contribution in [0.25, 0.3) is 11.2 Å². The summed E-state index contributed by atoms with van der Waals surface area (Å²) in [5.74, 6) is 0. The second-order valence-corrected chi connectivity index (χ2v) is 9.35.